The van der Waals surface area contributed by atoms with Gasteiger partial charge < -0.3 is 76.9 Å². The summed E-state index contributed by atoms with van der Waals surface area (Å²) in [5, 5.41) is 5.43. The van der Waals surface area contributed by atoms with Crippen molar-refractivity contribution in [3.63, 3.8) is 0 Å². The van der Waals surface area contributed by atoms with Crippen LogP contribution in [0.2, 0.25) is 0 Å². The predicted molar refractivity (Wildman–Crippen MR) is 236 cm³/mol. The van der Waals surface area contributed by atoms with E-state index in [0.29, 0.717) is 151 Å². The van der Waals surface area contributed by atoms with Gasteiger partial charge in [-0.1, -0.05) is 12.2 Å². The molecule has 1 aliphatic rings. The summed E-state index contributed by atoms with van der Waals surface area (Å²) in [5.41, 5.74) is 0.390. The molecular weight excluding hydrogens is 856 g/mol. The molecular formula is C45H74N2O18. The third-order valence-corrected chi connectivity index (χ3v) is 8.75. The number of nitrogens with one attached hydrogen (secondary N) is 2. The second-order valence-corrected chi connectivity index (χ2v) is 14.1. The van der Waals surface area contributed by atoms with Crippen molar-refractivity contribution in [2.75, 3.05) is 165 Å². The van der Waals surface area contributed by atoms with Gasteiger partial charge in [0.15, 0.2) is 0 Å². The summed E-state index contributed by atoms with van der Waals surface area (Å²) in [4.78, 5) is 47.2. The number of carbonyl (C=O) groups excluding carboxylic acids is 4. The maximum atomic E-state index is 12.4. The Hall–Kier alpha value is -3.80. The molecule has 372 valence electrons. The van der Waals surface area contributed by atoms with E-state index in [1.54, 1.807) is 6.92 Å². The van der Waals surface area contributed by atoms with Gasteiger partial charge in [0.05, 0.1) is 145 Å². The van der Waals surface area contributed by atoms with Crippen molar-refractivity contribution < 1.29 is 85.5 Å². The van der Waals surface area contributed by atoms with E-state index >= 15 is 0 Å². The Kier molecular flexibility index (Phi) is 37.8. The Balaban J connectivity index is 1.26. The van der Waals surface area contributed by atoms with Crippen LogP contribution in [0.5, 0.6) is 5.75 Å². The van der Waals surface area contributed by atoms with E-state index in [1.165, 1.54) is 24.3 Å². The molecule has 1 atom stereocenters. The number of amides is 2. The van der Waals surface area contributed by atoms with Gasteiger partial charge in [0.2, 0.25) is 0 Å². The normalized spacial score (nSPS) is 14.3. The Labute approximate surface area is 383 Å². The Morgan fingerprint density at radius 3 is 1.38 bits per heavy atom. The van der Waals surface area contributed by atoms with Crippen LogP contribution in [0.15, 0.2) is 36.4 Å². The first-order chi connectivity index (χ1) is 31.9. The Bertz CT molecular complexity index is 1350. The van der Waals surface area contributed by atoms with Gasteiger partial charge in [0.25, 0.3) is 5.91 Å². The first kappa shape index (κ1) is 57.3. The SMILES string of the molecule is CC(=O)CCOCCOCCOCCOCCOCCOCCOCCOCCOCCOCCNC(=O)c1ccc(OC(=O)OCCOCCNC(=O)O[C@H]2CC/C=C/CCC2)cc1. The number of benzene rings is 1. The minimum absolute atomic E-state index is 0.0315. The molecule has 2 rings (SSSR count). The van der Waals surface area contributed by atoms with Crippen LogP contribution in [-0.2, 0) is 66.4 Å². The van der Waals surface area contributed by atoms with Crippen molar-refractivity contribution in [1.29, 1.82) is 0 Å². The minimum Gasteiger partial charge on any atom is -0.446 e. The van der Waals surface area contributed by atoms with E-state index in [0.717, 1.165) is 32.1 Å². The molecule has 0 aromatic heterocycles. The van der Waals surface area contributed by atoms with Crippen LogP contribution in [0.25, 0.3) is 0 Å². The zero-order valence-electron chi connectivity index (χ0n) is 38.3. The number of ketones is 1. The fraction of sp³-hybridized carbons (Fsp3) is 0.733. The summed E-state index contributed by atoms with van der Waals surface area (Å²) in [7, 11) is 0. The van der Waals surface area contributed by atoms with Gasteiger partial charge in [0.1, 0.15) is 24.2 Å². The molecule has 1 aromatic rings. The summed E-state index contributed by atoms with van der Waals surface area (Å²) < 4.78 is 75.5. The van der Waals surface area contributed by atoms with Crippen LogP contribution >= 0.6 is 0 Å². The highest BCUT2D eigenvalue weighted by molar-refractivity contribution is 5.94. The predicted octanol–water partition coefficient (Wildman–Crippen LogP) is 3.71. The highest BCUT2D eigenvalue weighted by atomic mass is 16.7. The highest BCUT2D eigenvalue weighted by Gasteiger charge is 2.14. The number of rotatable bonds is 42. The van der Waals surface area contributed by atoms with E-state index in [1.807, 2.05) is 0 Å². The molecule has 0 spiro atoms. The number of carbonyl (C=O) groups is 4. The van der Waals surface area contributed by atoms with Crippen LogP contribution in [0.3, 0.4) is 0 Å². The van der Waals surface area contributed by atoms with Gasteiger partial charge in [-0.2, -0.15) is 0 Å². The van der Waals surface area contributed by atoms with E-state index in [9.17, 15) is 19.2 Å². The van der Waals surface area contributed by atoms with Gasteiger partial charge in [-0.3, -0.25) is 9.59 Å². The monoisotopic (exact) mass is 930 g/mol. The van der Waals surface area contributed by atoms with E-state index in [-0.39, 0.29) is 49.9 Å². The summed E-state index contributed by atoms with van der Waals surface area (Å²) in [5.74, 6) is 0.0373. The first-order valence-electron chi connectivity index (χ1n) is 22.6. The van der Waals surface area contributed by atoms with Crippen LogP contribution in [0, 0.1) is 0 Å². The average Bonchev–Trinajstić information content (AvgIpc) is 3.28. The van der Waals surface area contributed by atoms with Gasteiger partial charge in [-0.15, -0.1) is 0 Å². The lowest BCUT2D eigenvalue weighted by atomic mass is 10.0. The van der Waals surface area contributed by atoms with Gasteiger partial charge >= 0.3 is 12.2 Å². The molecule has 0 aliphatic heterocycles. The van der Waals surface area contributed by atoms with Crippen LogP contribution in [-0.4, -0.2) is 195 Å². The lowest BCUT2D eigenvalue weighted by Crippen LogP contribution is -2.32. The molecule has 0 saturated heterocycles. The van der Waals surface area contributed by atoms with Crippen molar-refractivity contribution >= 4 is 23.9 Å². The lowest BCUT2D eigenvalue weighted by molar-refractivity contribution is -0.118. The number of alkyl carbamates (subject to hydrolysis) is 1. The fourth-order valence-corrected chi connectivity index (χ4v) is 5.38. The highest BCUT2D eigenvalue weighted by Crippen LogP contribution is 2.16. The third kappa shape index (κ3) is 37.0. The molecule has 0 radical (unpaired) electrons. The van der Waals surface area contributed by atoms with Crippen molar-refractivity contribution in [2.24, 2.45) is 0 Å². The summed E-state index contributed by atoms with van der Waals surface area (Å²) in [6, 6.07) is 6.05. The van der Waals surface area contributed by atoms with E-state index in [4.69, 9.17) is 66.3 Å². The molecule has 2 amide bonds. The van der Waals surface area contributed by atoms with Crippen molar-refractivity contribution in [3.8, 4) is 5.75 Å². The number of allylic oxidation sites excluding steroid dienone is 2. The second kappa shape index (κ2) is 42.8. The molecule has 0 fully saturated rings. The zero-order chi connectivity index (χ0) is 46.5. The molecule has 1 aliphatic carbocycles. The van der Waals surface area contributed by atoms with Crippen molar-refractivity contribution in [2.45, 2.75) is 51.6 Å². The topological polar surface area (TPSA) is 222 Å². The largest absolute Gasteiger partial charge is 0.513 e. The smallest absolute Gasteiger partial charge is 0.446 e. The summed E-state index contributed by atoms with van der Waals surface area (Å²) in [6.45, 7) is 11.4. The number of Topliss-reactive ketones (excluding diaryl/α,β-unsaturated/α-hetero) is 1. The van der Waals surface area contributed by atoms with Crippen LogP contribution in [0.4, 0.5) is 9.59 Å². The Morgan fingerprint density at radius 1 is 0.492 bits per heavy atom. The van der Waals surface area contributed by atoms with Crippen LogP contribution in [0.1, 0.15) is 55.8 Å². The van der Waals surface area contributed by atoms with Crippen molar-refractivity contribution in [3.05, 3.63) is 42.0 Å². The average molecular weight is 931 g/mol. The zero-order valence-corrected chi connectivity index (χ0v) is 38.3. The summed E-state index contributed by atoms with van der Waals surface area (Å²) >= 11 is 0. The van der Waals surface area contributed by atoms with Gasteiger partial charge in [-0.05, 0) is 63.3 Å². The van der Waals surface area contributed by atoms with Crippen LogP contribution < -0.4 is 15.4 Å². The molecule has 0 bridgehead atoms. The molecule has 65 heavy (non-hydrogen) atoms. The van der Waals surface area contributed by atoms with Crippen molar-refractivity contribution in [1.82, 2.24) is 10.6 Å². The molecule has 1 aromatic carbocycles. The molecule has 0 heterocycles. The summed E-state index contributed by atoms with van der Waals surface area (Å²) in [6.07, 6.45) is 7.85. The van der Waals surface area contributed by atoms with Gasteiger partial charge in [0, 0.05) is 25.1 Å². The number of hydrogen-bond donors (Lipinski definition) is 2. The number of ether oxygens (including phenoxy) is 14. The Morgan fingerprint density at radius 2 is 0.908 bits per heavy atom. The molecule has 0 saturated carbocycles. The third-order valence-electron chi connectivity index (χ3n) is 8.75. The van der Waals surface area contributed by atoms with Gasteiger partial charge in [-0.25, -0.2) is 9.59 Å². The maximum absolute atomic E-state index is 12.4. The molecule has 20 nitrogen and oxygen atoms in total. The molecule has 0 unspecified atom stereocenters. The van der Waals surface area contributed by atoms with E-state index in [2.05, 4.69) is 22.8 Å². The maximum Gasteiger partial charge on any atom is 0.513 e. The minimum atomic E-state index is -0.905. The lowest BCUT2D eigenvalue weighted by Gasteiger charge is -2.18. The second-order valence-electron chi connectivity index (χ2n) is 14.1. The quantitative estimate of drug-likeness (QED) is 0.0413. The standard InChI is InChI=1S/C45H74N2O18/c1-39(48)13-16-52-19-21-55-23-25-57-27-29-59-31-33-61-35-36-62-34-32-60-30-28-58-26-24-56-22-20-53-17-14-46-43(49)40-9-11-42(12-10-40)65-45(51)63-38-37-54-18-15-47-44(50)64-41-7-5-3-2-4-6-8-41/h2-3,9-12,41H,4-8,13-38H2,1H3,(H,46,49)(H,47,50)/b3-2+/t41-/m0/s1. The van der Waals surface area contributed by atoms with E-state index < -0.39 is 12.2 Å². The molecule has 20 heteroatoms. The molecule has 2 N–H and O–H groups in total. The first-order valence-corrected chi connectivity index (χ1v) is 22.6. The number of hydrogen-bond acceptors (Lipinski definition) is 18. The fourth-order valence-electron chi connectivity index (χ4n) is 5.38.